The van der Waals surface area contributed by atoms with E-state index in [-0.39, 0.29) is 11.5 Å². The first-order valence-corrected chi connectivity index (χ1v) is 8.39. The topological polar surface area (TPSA) is 78.8 Å². The number of hydrogen-bond acceptors (Lipinski definition) is 5. The van der Waals surface area contributed by atoms with Gasteiger partial charge in [0.2, 0.25) is 0 Å². The molecule has 116 valence electrons. The van der Waals surface area contributed by atoms with Gasteiger partial charge < -0.3 is 10.4 Å². The normalized spacial score (nSPS) is 17.7. The summed E-state index contributed by atoms with van der Waals surface area (Å²) in [6.45, 7) is 1.84. The Hall–Kier alpha value is -2.38. The molecule has 7 heteroatoms. The summed E-state index contributed by atoms with van der Waals surface area (Å²) in [4.78, 5) is 29.0. The van der Waals surface area contributed by atoms with E-state index in [1.54, 1.807) is 17.4 Å². The van der Waals surface area contributed by atoms with Gasteiger partial charge in [-0.3, -0.25) is 4.79 Å². The van der Waals surface area contributed by atoms with Gasteiger partial charge in [0, 0.05) is 4.88 Å². The lowest BCUT2D eigenvalue weighted by Gasteiger charge is -2.03. The van der Waals surface area contributed by atoms with E-state index in [1.807, 2.05) is 30.5 Å². The molecule has 1 aromatic heterocycles. The molecule has 1 aromatic carbocycles. The molecule has 0 spiro atoms. The summed E-state index contributed by atoms with van der Waals surface area (Å²) < 4.78 is 0. The number of aliphatic imine (C=N–C) groups is 1. The number of hydrogen-bond donors (Lipinski definition) is 2. The number of nitrogens with one attached hydrogen (secondary N) is 1. The summed E-state index contributed by atoms with van der Waals surface area (Å²) >= 11 is 2.79. The lowest BCUT2D eigenvalue weighted by molar-refractivity contribution is -0.115. The zero-order chi connectivity index (χ0) is 16.4. The lowest BCUT2D eigenvalue weighted by atomic mass is 10.1. The molecule has 1 saturated heterocycles. The highest BCUT2D eigenvalue weighted by atomic mass is 32.2. The average Bonchev–Trinajstić information content (AvgIpc) is 3.12. The molecular weight excluding hydrogens is 332 g/mol. The number of carboxylic acid groups (broad SMARTS) is 1. The zero-order valence-electron chi connectivity index (χ0n) is 12.1. The predicted molar refractivity (Wildman–Crippen MR) is 93.3 cm³/mol. The number of nitrogens with zero attached hydrogens (tertiary/aromatic N) is 1. The molecule has 0 aliphatic carbocycles. The molecule has 0 saturated carbocycles. The standard InChI is InChI=1S/C16H12N2O3S2/c1-9-4-5-10(15(20)21)7-12(9)17-16-18-14(19)13(23-16)8-11-3-2-6-22-11/h2-8H,1H3,(H,20,21)(H,17,18,19)/b13-8+. The molecule has 1 aliphatic rings. The minimum absolute atomic E-state index is 0.165. The number of carbonyl (C=O) groups excluding carboxylic acids is 1. The van der Waals surface area contributed by atoms with Crippen molar-refractivity contribution in [1.82, 2.24) is 5.32 Å². The van der Waals surface area contributed by atoms with Gasteiger partial charge in [0.05, 0.1) is 16.2 Å². The Bertz CT molecular complexity index is 839. The van der Waals surface area contributed by atoms with Crippen molar-refractivity contribution in [1.29, 1.82) is 0 Å². The monoisotopic (exact) mass is 344 g/mol. The van der Waals surface area contributed by atoms with Crippen LogP contribution < -0.4 is 5.32 Å². The molecular formula is C16H12N2O3S2. The van der Waals surface area contributed by atoms with Gasteiger partial charge >= 0.3 is 5.97 Å². The number of rotatable bonds is 3. The number of thiophene rings is 1. The van der Waals surface area contributed by atoms with Crippen LogP contribution in [0.5, 0.6) is 0 Å². The van der Waals surface area contributed by atoms with Crippen LogP contribution in [-0.4, -0.2) is 22.2 Å². The third kappa shape index (κ3) is 3.52. The third-order valence-electron chi connectivity index (χ3n) is 3.15. The maximum absolute atomic E-state index is 12.0. The molecule has 1 aliphatic heterocycles. The van der Waals surface area contributed by atoms with Crippen LogP contribution in [0.1, 0.15) is 20.8 Å². The molecule has 2 aromatic rings. The Morgan fingerprint density at radius 3 is 2.87 bits per heavy atom. The van der Waals surface area contributed by atoms with Crippen LogP contribution in [0.25, 0.3) is 6.08 Å². The quantitative estimate of drug-likeness (QED) is 0.833. The van der Waals surface area contributed by atoms with E-state index < -0.39 is 5.97 Å². The van der Waals surface area contributed by atoms with Crippen molar-refractivity contribution in [3.05, 3.63) is 56.6 Å². The number of amides is 1. The van der Waals surface area contributed by atoms with Gasteiger partial charge in [-0.05, 0) is 53.9 Å². The molecule has 1 fully saturated rings. The molecule has 1 amide bonds. The first-order valence-electron chi connectivity index (χ1n) is 6.70. The van der Waals surface area contributed by atoms with Crippen LogP contribution in [0.4, 0.5) is 5.69 Å². The van der Waals surface area contributed by atoms with E-state index >= 15 is 0 Å². The molecule has 5 nitrogen and oxygen atoms in total. The van der Waals surface area contributed by atoms with Crippen LogP contribution in [-0.2, 0) is 4.79 Å². The van der Waals surface area contributed by atoms with E-state index in [2.05, 4.69) is 10.3 Å². The van der Waals surface area contributed by atoms with E-state index in [1.165, 1.54) is 23.9 Å². The van der Waals surface area contributed by atoms with Crippen LogP contribution in [0.3, 0.4) is 0 Å². The van der Waals surface area contributed by atoms with Crippen LogP contribution >= 0.6 is 23.1 Å². The van der Waals surface area contributed by atoms with E-state index in [9.17, 15) is 9.59 Å². The average molecular weight is 344 g/mol. The first-order chi connectivity index (χ1) is 11.0. The second kappa shape index (κ2) is 6.39. The predicted octanol–water partition coefficient (Wildman–Crippen LogP) is 3.65. The summed E-state index contributed by atoms with van der Waals surface area (Å²) in [5, 5.41) is 14.2. The van der Waals surface area contributed by atoms with Crippen LogP contribution in [0, 0.1) is 6.92 Å². The smallest absolute Gasteiger partial charge is 0.335 e. The summed E-state index contributed by atoms with van der Waals surface area (Å²) in [6, 6.07) is 8.58. The molecule has 0 bridgehead atoms. The van der Waals surface area contributed by atoms with Gasteiger partial charge in [-0.2, -0.15) is 0 Å². The highest BCUT2D eigenvalue weighted by molar-refractivity contribution is 8.18. The number of carboxylic acids is 1. The third-order valence-corrected chi connectivity index (χ3v) is 4.87. The second-order valence-electron chi connectivity index (χ2n) is 4.80. The van der Waals surface area contributed by atoms with Gasteiger partial charge in [0.25, 0.3) is 5.91 Å². The van der Waals surface area contributed by atoms with Crippen molar-refractivity contribution in [3.8, 4) is 0 Å². The highest BCUT2D eigenvalue weighted by Crippen LogP contribution is 2.30. The van der Waals surface area contributed by atoms with E-state index in [0.29, 0.717) is 15.8 Å². The minimum atomic E-state index is -1.01. The first kappa shape index (κ1) is 15.5. The number of amidine groups is 1. The van der Waals surface area contributed by atoms with Crippen molar-refractivity contribution in [2.45, 2.75) is 6.92 Å². The van der Waals surface area contributed by atoms with Crippen molar-refractivity contribution < 1.29 is 14.7 Å². The molecule has 3 rings (SSSR count). The van der Waals surface area contributed by atoms with Gasteiger partial charge in [-0.1, -0.05) is 12.1 Å². The molecule has 2 heterocycles. The minimum Gasteiger partial charge on any atom is -0.478 e. The van der Waals surface area contributed by atoms with Crippen molar-refractivity contribution >= 4 is 51.9 Å². The largest absolute Gasteiger partial charge is 0.478 e. The summed E-state index contributed by atoms with van der Waals surface area (Å²) in [5.74, 6) is -1.21. The number of aryl methyl sites for hydroxylation is 1. The number of carbonyl (C=O) groups is 2. The summed E-state index contributed by atoms with van der Waals surface area (Å²) in [5.41, 5.74) is 1.54. The van der Waals surface area contributed by atoms with Crippen LogP contribution in [0.2, 0.25) is 0 Å². The molecule has 0 radical (unpaired) electrons. The fourth-order valence-corrected chi connectivity index (χ4v) is 3.51. The molecule has 2 N–H and O–H groups in total. The molecule has 0 unspecified atom stereocenters. The Morgan fingerprint density at radius 2 is 2.17 bits per heavy atom. The van der Waals surface area contributed by atoms with Crippen molar-refractivity contribution in [2.24, 2.45) is 4.99 Å². The lowest BCUT2D eigenvalue weighted by Crippen LogP contribution is -2.19. The van der Waals surface area contributed by atoms with Crippen molar-refractivity contribution in [3.63, 3.8) is 0 Å². The SMILES string of the molecule is Cc1ccc(C(=O)O)cc1N=C1NC(=O)/C(=C\c2cccs2)S1. The van der Waals surface area contributed by atoms with Gasteiger partial charge in [0.15, 0.2) is 5.17 Å². The Morgan fingerprint density at radius 1 is 1.35 bits per heavy atom. The van der Waals surface area contributed by atoms with Crippen molar-refractivity contribution in [2.75, 3.05) is 0 Å². The Labute approximate surface area is 140 Å². The molecule has 23 heavy (non-hydrogen) atoms. The Kier molecular flexibility index (Phi) is 4.31. The van der Waals surface area contributed by atoms with E-state index in [0.717, 1.165) is 10.4 Å². The van der Waals surface area contributed by atoms with Crippen LogP contribution in [0.15, 0.2) is 45.6 Å². The second-order valence-corrected chi connectivity index (χ2v) is 6.81. The molecule has 0 atom stereocenters. The fourth-order valence-electron chi connectivity index (χ4n) is 1.96. The van der Waals surface area contributed by atoms with E-state index in [4.69, 9.17) is 5.11 Å². The summed E-state index contributed by atoms with van der Waals surface area (Å²) in [6.07, 6.45) is 1.81. The van der Waals surface area contributed by atoms with Gasteiger partial charge in [-0.25, -0.2) is 9.79 Å². The maximum atomic E-state index is 12.0. The zero-order valence-corrected chi connectivity index (χ0v) is 13.7. The number of thioether (sulfide) groups is 1. The number of benzene rings is 1. The van der Waals surface area contributed by atoms with Gasteiger partial charge in [-0.15, -0.1) is 11.3 Å². The maximum Gasteiger partial charge on any atom is 0.335 e. The summed E-state index contributed by atoms with van der Waals surface area (Å²) in [7, 11) is 0. The number of aromatic carboxylic acids is 1. The fraction of sp³-hybridized carbons (Fsp3) is 0.0625. The van der Waals surface area contributed by atoms with Gasteiger partial charge in [0.1, 0.15) is 0 Å². The Balaban J connectivity index is 1.89. The highest BCUT2D eigenvalue weighted by Gasteiger charge is 2.24.